The molecule has 1 saturated heterocycles. The van der Waals surface area contributed by atoms with Crippen LogP contribution in [-0.4, -0.2) is 35.4 Å². The molecule has 2 aromatic rings. The number of cyclic esters (lactones) is 1. The van der Waals surface area contributed by atoms with Crippen LogP contribution in [0.5, 0.6) is 0 Å². The Balaban J connectivity index is 1.89. The summed E-state index contributed by atoms with van der Waals surface area (Å²) in [7, 11) is 0. The third kappa shape index (κ3) is 5.84. The van der Waals surface area contributed by atoms with Gasteiger partial charge in [-0.15, -0.1) is 0 Å². The first-order valence-electron chi connectivity index (χ1n) is 10.6. The lowest BCUT2D eigenvalue weighted by Crippen LogP contribution is -2.46. The minimum absolute atomic E-state index is 0.100. The van der Waals surface area contributed by atoms with Gasteiger partial charge in [0.2, 0.25) is 11.8 Å². The van der Waals surface area contributed by atoms with E-state index < -0.39 is 18.2 Å². The lowest BCUT2D eigenvalue weighted by molar-refractivity contribution is -0.126. The van der Waals surface area contributed by atoms with Gasteiger partial charge in [-0.25, -0.2) is 9.18 Å². The molecule has 1 aliphatic heterocycles. The maximum Gasteiger partial charge on any atom is 0.411 e. The van der Waals surface area contributed by atoms with Gasteiger partial charge in [0, 0.05) is 19.2 Å². The number of halogens is 1. The van der Waals surface area contributed by atoms with Crippen molar-refractivity contribution >= 4 is 23.6 Å². The summed E-state index contributed by atoms with van der Waals surface area (Å²) in [5.74, 6) is -0.523. The predicted octanol–water partition coefficient (Wildman–Crippen LogP) is 4.01. The number of amides is 3. The van der Waals surface area contributed by atoms with E-state index in [1.54, 1.807) is 36.4 Å². The molecular weight excluding hydrogens is 413 g/mol. The first kappa shape index (κ1) is 23.2. The third-order valence-corrected chi connectivity index (χ3v) is 5.18. The summed E-state index contributed by atoms with van der Waals surface area (Å²) in [5.41, 5.74) is 1.81. The van der Waals surface area contributed by atoms with Crippen LogP contribution in [0.1, 0.15) is 44.4 Å². The molecule has 3 rings (SSSR count). The van der Waals surface area contributed by atoms with Crippen molar-refractivity contribution in [2.24, 2.45) is 5.92 Å². The predicted molar refractivity (Wildman–Crippen MR) is 118 cm³/mol. The third-order valence-electron chi connectivity index (χ3n) is 5.18. The lowest BCUT2D eigenvalue weighted by Gasteiger charge is -2.24. The SMILES string of the molecule is CC(=O)Nc1cccc(C2OC(=O)N(Cc3ccc(F)cc3)C2C(=O)NCCC(C)C)c1. The summed E-state index contributed by atoms with van der Waals surface area (Å²) in [6, 6.07) is 11.7. The molecule has 1 aliphatic rings. The molecule has 0 spiro atoms. The molecule has 8 heteroatoms. The van der Waals surface area contributed by atoms with Crippen LogP contribution in [0.4, 0.5) is 14.9 Å². The van der Waals surface area contributed by atoms with E-state index >= 15 is 0 Å². The van der Waals surface area contributed by atoms with Gasteiger partial charge in [0.1, 0.15) is 5.82 Å². The van der Waals surface area contributed by atoms with Gasteiger partial charge in [0.15, 0.2) is 12.1 Å². The van der Waals surface area contributed by atoms with E-state index in [4.69, 9.17) is 4.74 Å². The standard InChI is InChI=1S/C24H28FN3O4/c1-15(2)11-12-26-23(30)21-22(18-5-4-6-20(13-18)27-16(3)29)32-24(31)28(21)14-17-7-9-19(25)10-8-17/h4-10,13,15,21-22H,11-12,14H2,1-3H3,(H,26,30)(H,27,29). The Hall–Kier alpha value is -3.42. The van der Waals surface area contributed by atoms with Gasteiger partial charge >= 0.3 is 6.09 Å². The van der Waals surface area contributed by atoms with Crippen molar-refractivity contribution in [1.82, 2.24) is 10.2 Å². The van der Waals surface area contributed by atoms with Crippen molar-refractivity contribution in [2.75, 3.05) is 11.9 Å². The average Bonchev–Trinajstić information content (AvgIpc) is 3.05. The van der Waals surface area contributed by atoms with Crippen LogP contribution in [0.2, 0.25) is 0 Å². The Bertz CT molecular complexity index is 977. The molecule has 2 aromatic carbocycles. The van der Waals surface area contributed by atoms with Gasteiger partial charge in [-0.05, 0) is 47.7 Å². The summed E-state index contributed by atoms with van der Waals surface area (Å²) in [5, 5.41) is 5.60. The van der Waals surface area contributed by atoms with Crippen molar-refractivity contribution < 1.29 is 23.5 Å². The van der Waals surface area contributed by atoms with Crippen LogP contribution < -0.4 is 10.6 Å². The number of carbonyl (C=O) groups excluding carboxylic acids is 3. The molecule has 0 aliphatic carbocycles. The molecule has 0 saturated carbocycles. The highest BCUT2D eigenvalue weighted by Crippen LogP contribution is 2.35. The van der Waals surface area contributed by atoms with Crippen LogP contribution in [-0.2, 0) is 20.9 Å². The van der Waals surface area contributed by atoms with E-state index in [9.17, 15) is 18.8 Å². The van der Waals surface area contributed by atoms with Gasteiger partial charge in [-0.2, -0.15) is 0 Å². The van der Waals surface area contributed by atoms with E-state index in [1.807, 2.05) is 0 Å². The molecule has 2 unspecified atom stereocenters. The lowest BCUT2D eigenvalue weighted by atomic mass is 10.00. The van der Waals surface area contributed by atoms with Crippen LogP contribution in [0.3, 0.4) is 0 Å². The molecule has 170 valence electrons. The quantitative estimate of drug-likeness (QED) is 0.648. The summed E-state index contributed by atoms with van der Waals surface area (Å²) >= 11 is 0. The summed E-state index contributed by atoms with van der Waals surface area (Å²) in [6.07, 6.45) is -0.683. The summed E-state index contributed by atoms with van der Waals surface area (Å²) in [6.45, 7) is 6.10. The number of carbonyl (C=O) groups is 3. The molecule has 2 N–H and O–H groups in total. The van der Waals surface area contributed by atoms with Crippen LogP contribution in [0.25, 0.3) is 0 Å². The Labute approximate surface area is 186 Å². The molecule has 2 atom stereocenters. The summed E-state index contributed by atoms with van der Waals surface area (Å²) in [4.78, 5) is 38.7. The minimum Gasteiger partial charge on any atom is -0.438 e. The number of nitrogens with one attached hydrogen (secondary N) is 2. The van der Waals surface area contributed by atoms with Gasteiger partial charge in [0.25, 0.3) is 0 Å². The number of nitrogens with zero attached hydrogens (tertiary/aromatic N) is 1. The van der Waals surface area contributed by atoms with Crippen LogP contribution in [0.15, 0.2) is 48.5 Å². The normalized spacial score (nSPS) is 17.9. The maximum absolute atomic E-state index is 13.3. The Kier molecular flexibility index (Phi) is 7.45. The topological polar surface area (TPSA) is 87.7 Å². The highest BCUT2D eigenvalue weighted by molar-refractivity contribution is 5.90. The molecule has 0 aromatic heterocycles. The Morgan fingerprint density at radius 2 is 1.88 bits per heavy atom. The Morgan fingerprint density at radius 1 is 1.16 bits per heavy atom. The number of hydrogen-bond acceptors (Lipinski definition) is 4. The average molecular weight is 442 g/mol. The molecule has 7 nitrogen and oxygen atoms in total. The Morgan fingerprint density at radius 3 is 2.53 bits per heavy atom. The van der Waals surface area contributed by atoms with Gasteiger partial charge < -0.3 is 15.4 Å². The maximum atomic E-state index is 13.3. The smallest absolute Gasteiger partial charge is 0.411 e. The zero-order valence-electron chi connectivity index (χ0n) is 18.4. The van der Waals surface area contributed by atoms with E-state index in [2.05, 4.69) is 24.5 Å². The summed E-state index contributed by atoms with van der Waals surface area (Å²) < 4.78 is 18.9. The molecule has 1 fully saturated rings. The van der Waals surface area contributed by atoms with Crippen molar-refractivity contribution in [3.05, 3.63) is 65.5 Å². The van der Waals surface area contributed by atoms with Gasteiger partial charge in [-0.1, -0.05) is 38.1 Å². The molecular formula is C24H28FN3O4. The fraction of sp³-hybridized carbons (Fsp3) is 0.375. The van der Waals surface area contributed by atoms with Crippen LogP contribution >= 0.6 is 0 Å². The zero-order valence-corrected chi connectivity index (χ0v) is 18.4. The van der Waals surface area contributed by atoms with Crippen LogP contribution in [0, 0.1) is 11.7 Å². The number of rotatable bonds is 8. The number of ether oxygens (including phenoxy) is 1. The van der Waals surface area contributed by atoms with Crippen molar-refractivity contribution in [1.29, 1.82) is 0 Å². The van der Waals surface area contributed by atoms with E-state index in [1.165, 1.54) is 24.0 Å². The molecule has 3 amide bonds. The zero-order chi connectivity index (χ0) is 23.3. The van der Waals surface area contributed by atoms with Gasteiger partial charge in [0.05, 0.1) is 6.54 Å². The van der Waals surface area contributed by atoms with Crippen molar-refractivity contribution in [2.45, 2.75) is 45.9 Å². The van der Waals surface area contributed by atoms with E-state index in [0.717, 1.165) is 6.42 Å². The second kappa shape index (κ2) is 10.3. The molecule has 32 heavy (non-hydrogen) atoms. The van der Waals surface area contributed by atoms with E-state index in [-0.39, 0.29) is 24.2 Å². The second-order valence-corrected chi connectivity index (χ2v) is 8.28. The highest BCUT2D eigenvalue weighted by Gasteiger charge is 2.47. The van der Waals surface area contributed by atoms with Crippen molar-refractivity contribution in [3.8, 4) is 0 Å². The first-order valence-corrected chi connectivity index (χ1v) is 10.6. The second-order valence-electron chi connectivity index (χ2n) is 8.28. The number of benzene rings is 2. The number of anilines is 1. The fourth-order valence-electron chi connectivity index (χ4n) is 3.58. The molecule has 0 bridgehead atoms. The largest absolute Gasteiger partial charge is 0.438 e. The first-order chi connectivity index (χ1) is 15.2. The number of hydrogen-bond donors (Lipinski definition) is 2. The van der Waals surface area contributed by atoms with Crippen molar-refractivity contribution in [3.63, 3.8) is 0 Å². The molecule has 1 heterocycles. The molecule has 0 radical (unpaired) electrons. The highest BCUT2D eigenvalue weighted by atomic mass is 19.1. The fourth-order valence-corrected chi connectivity index (χ4v) is 3.58. The van der Waals surface area contributed by atoms with Gasteiger partial charge in [-0.3, -0.25) is 14.5 Å². The minimum atomic E-state index is -0.910. The monoisotopic (exact) mass is 441 g/mol. The van der Waals surface area contributed by atoms with E-state index in [0.29, 0.717) is 29.3 Å².